The zero-order chi connectivity index (χ0) is 19.3. The first kappa shape index (κ1) is 17.2. The molecule has 0 aliphatic carbocycles. The number of imidazole rings is 1. The van der Waals surface area contributed by atoms with Gasteiger partial charge < -0.3 is 15.7 Å². The molecule has 0 saturated heterocycles. The lowest BCUT2D eigenvalue weighted by Gasteiger charge is -2.10. The summed E-state index contributed by atoms with van der Waals surface area (Å²) in [6, 6.07) is 6.47. The molecule has 0 aliphatic rings. The molecule has 0 spiro atoms. The first-order chi connectivity index (χ1) is 12.8. The second-order valence-electron chi connectivity index (χ2n) is 6.17. The van der Waals surface area contributed by atoms with E-state index in [0.29, 0.717) is 28.2 Å². The van der Waals surface area contributed by atoms with Crippen LogP contribution < -0.4 is 10.7 Å². The van der Waals surface area contributed by atoms with Gasteiger partial charge in [-0.2, -0.15) is 13.2 Å². The number of hydrogen-bond donors (Lipinski definition) is 3. The number of hydrogen-bond acceptors (Lipinski definition) is 3. The number of halogens is 4. The molecule has 2 heterocycles. The van der Waals surface area contributed by atoms with Crippen LogP contribution in [0.4, 0.5) is 29.2 Å². The molecule has 9 heteroatoms. The van der Waals surface area contributed by atoms with Crippen molar-refractivity contribution in [1.29, 1.82) is 0 Å². The van der Waals surface area contributed by atoms with Gasteiger partial charge in [0.15, 0.2) is 0 Å². The van der Waals surface area contributed by atoms with Crippen LogP contribution >= 0.6 is 0 Å². The number of aromatic nitrogens is 3. The van der Waals surface area contributed by atoms with Gasteiger partial charge in [0.1, 0.15) is 5.82 Å². The van der Waals surface area contributed by atoms with Crippen molar-refractivity contribution in [1.82, 2.24) is 14.6 Å². The molecular weight excluding hydrogens is 362 g/mol. The maximum Gasteiger partial charge on any atom is 0.416 e. The second kappa shape index (κ2) is 5.90. The highest BCUT2D eigenvalue weighted by molar-refractivity contribution is 5.95. The lowest BCUT2D eigenvalue weighted by Crippen LogP contribution is -2.12. The summed E-state index contributed by atoms with van der Waals surface area (Å²) in [6.07, 6.45) is -2.78. The van der Waals surface area contributed by atoms with E-state index in [2.05, 4.69) is 20.7 Å². The lowest BCUT2D eigenvalue weighted by atomic mass is 10.1. The zero-order valence-electron chi connectivity index (χ0n) is 14.4. The Kier molecular flexibility index (Phi) is 3.76. The smallest absolute Gasteiger partial charge is 0.359 e. The van der Waals surface area contributed by atoms with E-state index in [-0.39, 0.29) is 11.3 Å². The first-order valence-electron chi connectivity index (χ1n) is 8.09. The fourth-order valence-electron chi connectivity index (χ4n) is 3.04. The van der Waals surface area contributed by atoms with Crippen LogP contribution in [0.1, 0.15) is 11.1 Å². The molecule has 4 rings (SSSR count). The molecule has 0 amide bonds. The van der Waals surface area contributed by atoms with Crippen molar-refractivity contribution in [3.63, 3.8) is 0 Å². The van der Waals surface area contributed by atoms with E-state index in [1.807, 2.05) is 0 Å². The average molecular weight is 377 g/mol. The van der Waals surface area contributed by atoms with Crippen molar-refractivity contribution < 1.29 is 17.6 Å². The van der Waals surface area contributed by atoms with E-state index in [9.17, 15) is 17.6 Å². The number of anilines is 2. The monoisotopic (exact) mass is 377 g/mol. The molecule has 0 unspecified atom stereocenters. The molecule has 0 atom stereocenters. The molecule has 0 aliphatic heterocycles. The van der Waals surface area contributed by atoms with Gasteiger partial charge in [-0.15, -0.1) is 0 Å². The molecule has 0 radical (unpaired) electrons. The molecular formula is C18H15F4N5. The van der Waals surface area contributed by atoms with Crippen LogP contribution in [0.5, 0.6) is 0 Å². The average Bonchev–Trinajstić information content (AvgIpc) is 3.15. The van der Waals surface area contributed by atoms with Crippen LogP contribution in [-0.4, -0.2) is 21.7 Å². The summed E-state index contributed by atoms with van der Waals surface area (Å²) in [5.74, 6) is -0.00672. The van der Waals surface area contributed by atoms with E-state index in [0.717, 1.165) is 17.5 Å². The Balaban J connectivity index is 1.81. The molecule has 0 saturated carbocycles. The van der Waals surface area contributed by atoms with Gasteiger partial charge in [-0.25, -0.2) is 14.1 Å². The van der Waals surface area contributed by atoms with Crippen LogP contribution in [-0.2, 0) is 6.18 Å². The van der Waals surface area contributed by atoms with Crippen LogP contribution in [0.25, 0.3) is 21.9 Å². The van der Waals surface area contributed by atoms with Gasteiger partial charge >= 0.3 is 6.18 Å². The minimum absolute atomic E-state index is 0.198. The molecule has 3 N–H and O–H groups in total. The number of fused-ring (bicyclic) bond motifs is 2. The third-order valence-electron chi connectivity index (χ3n) is 4.41. The summed E-state index contributed by atoms with van der Waals surface area (Å²) in [7, 11) is 1.64. The van der Waals surface area contributed by atoms with Gasteiger partial charge in [0.2, 0.25) is 5.95 Å². The highest BCUT2D eigenvalue weighted by Gasteiger charge is 2.31. The predicted molar refractivity (Wildman–Crippen MR) is 96.3 cm³/mol. The van der Waals surface area contributed by atoms with Gasteiger partial charge in [-0.3, -0.25) is 0 Å². The first-order valence-corrected chi connectivity index (χ1v) is 8.09. The van der Waals surface area contributed by atoms with Gasteiger partial charge in [-0.1, -0.05) is 0 Å². The van der Waals surface area contributed by atoms with E-state index in [4.69, 9.17) is 0 Å². The van der Waals surface area contributed by atoms with Crippen molar-refractivity contribution in [2.24, 2.45) is 0 Å². The van der Waals surface area contributed by atoms with Crippen LogP contribution in [0.3, 0.4) is 0 Å². The summed E-state index contributed by atoms with van der Waals surface area (Å²) < 4.78 is 54.1. The summed E-state index contributed by atoms with van der Waals surface area (Å²) in [5, 5.41) is 3.84. The second-order valence-corrected chi connectivity index (χ2v) is 6.17. The fourth-order valence-corrected chi connectivity index (χ4v) is 3.04. The molecule has 0 fully saturated rings. The Morgan fingerprint density at radius 2 is 1.93 bits per heavy atom. The highest BCUT2D eigenvalue weighted by atomic mass is 19.4. The number of rotatable bonds is 3. The maximum atomic E-state index is 13.7. The largest absolute Gasteiger partial charge is 0.416 e. The predicted octanol–water partition coefficient (Wildman–Crippen LogP) is 4.90. The van der Waals surface area contributed by atoms with Crippen molar-refractivity contribution in [2.45, 2.75) is 13.1 Å². The summed E-state index contributed by atoms with van der Waals surface area (Å²) >= 11 is 0. The lowest BCUT2D eigenvalue weighted by molar-refractivity contribution is -0.137. The zero-order valence-corrected chi connectivity index (χ0v) is 14.4. The Labute approximate surface area is 151 Å². The molecule has 27 heavy (non-hydrogen) atoms. The number of H-pyrrole nitrogens is 1. The standard InChI is InChI=1S/C18H15F4N5/c1-9-5-11-13(7-12(9)19)24-8-15(11)26-17-25-14-6-10(18(20,21)22)3-4-16(14)27(17)23-2/h3-8,23-24H,1-2H3,(H,25,26). The SMILES string of the molecule is CNn1c(Nc2c[nH]c3cc(F)c(C)cc23)nc2cc(C(F)(F)F)ccc21. The number of aryl methyl sites for hydroxylation is 1. The van der Waals surface area contributed by atoms with E-state index < -0.39 is 11.7 Å². The molecule has 2 aromatic carbocycles. The highest BCUT2D eigenvalue weighted by Crippen LogP contribution is 2.33. The minimum atomic E-state index is -4.44. The molecule has 4 aromatic rings. The maximum absolute atomic E-state index is 13.7. The van der Waals surface area contributed by atoms with E-state index in [1.165, 1.54) is 12.1 Å². The van der Waals surface area contributed by atoms with Gasteiger partial charge in [0.05, 0.1) is 27.8 Å². The molecule has 5 nitrogen and oxygen atoms in total. The van der Waals surface area contributed by atoms with Crippen molar-refractivity contribution in [3.05, 3.63) is 53.5 Å². The van der Waals surface area contributed by atoms with E-state index >= 15 is 0 Å². The Morgan fingerprint density at radius 3 is 2.63 bits per heavy atom. The molecule has 2 aromatic heterocycles. The summed E-state index contributed by atoms with van der Waals surface area (Å²) in [4.78, 5) is 7.25. The van der Waals surface area contributed by atoms with Crippen molar-refractivity contribution in [3.8, 4) is 0 Å². The number of nitrogens with zero attached hydrogens (tertiary/aromatic N) is 2. The fraction of sp³-hybridized carbons (Fsp3) is 0.167. The molecule has 0 bridgehead atoms. The Bertz CT molecular complexity index is 1160. The Hall–Kier alpha value is -3.23. The van der Waals surface area contributed by atoms with E-state index in [1.54, 1.807) is 30.9 Å². The number of benzene rings is 2. The van der Waals surface area contributed by atoms with Crippen LogP contribution in [0.15, 0.2) is 36.5 Å². The third-order valence-corrected chi connectivity index (χ3v) is 4.41. The van der Waals surface area contributed by atoms with Crippen LogP contribution in [0.2, 0.25) is 0 Å². The Morgan fingerprint density at radius 1 is 1.15 bits per heavy atom. The van der Waals surface area contributed by atoms with Crippen LogP contribution in [0, 0.1) is 12.7 Å². The van der Waals surface area contributed by atoms with Crippen molar-refractivity contribution >= 4 is 33.6 Å². The quantitative estimate of drug-likeness (QED) is 0.445. The summed E-state index contributed by atoms with van der Waals surface area (Å²) in [6.45, 7) is 1.66. The summed E-state index contributed by atoms with van der Waals surface area (Å²) in [5.41, 5.74) is 4.55. The van der Waals surface area contributed by atoms with Gasteiger partial charge in [0.25, 0.3) is 0 Å². The number of nitrogens with one attached hydrogen (secondary N) is 3. The third kappa shape index (κ3) is 2.84. The number of alkyl halides is 3. The molecule has 140 valence electrons. The number of aromatic amines is 1. The van der Waals surface area contributed by atoms with Gasteiger partial charge in [0, 0.05) is 18.6 Å². The normalized spacial score (nSPS) is 12.1. The minimum Gasteiger partial charge on any atom is -0.359 e. The topological polar surface area (TPSA) is 57.7 Å². The van der Waals surface area contributed by atoms with Crippen molar-refractivity contribution in [2.75, 3.05) is 17.8 Å². The van der Waals surface area contributed by atoms with Gasteiger partial charge in [-0.05, 0) is 42.8 Å².